The van der Waals surface area contributed by atoms with Crippen LogP contribution in [0.3, 0.4) is 0 Å². The molecule has 1 heterocycles. The van der Waals surface area contributed by atoms with Gasteiger partial charge in [-0.2, -0.15) is 0 Å². The largest absolute Gasteiger partial charge is 0.302 e. The summed E-state index contributed by atoms with van der Waals surface area (Å²) in [6.45, 7) is 6.65. The zero-order chi connectivity index (χ0) is 11.3. The molecule has 0 bridgehead atoms. The lowest BCUT2D eigenvalue weighted by Crippen LogP contribution is -2.44. The van der Waals surface area contributed by atoms with Gasteiger partial charge in [0.05, 0.1) is 5.75 Å². The van der Waals surface area contributed by atoms with Gasteiger partial charge in [-0.3, -0.25) is 0 Å². The molecule has 0 aromatic rings. The molecule has 1 saturated heterocycles. The third-order valence-electron chi connectivity index (χ3n) is 2.74. The highest BCUT2D eigenvalue weighted by Crippen LogP contribution is 2.08. The quantitative estimate of drug-likeness (QED) is 0.765. The Morgan fingerprint density at radius 3 is 2.40 bits per heavy atom. The highest BCUT2D eigenvalue weighted by molar-refractivity contribution is 7.89. The monoisotopic (exact) mass is 234 g/mol. The SMILES string of the molecule is CCS(=O)(=O)NC(C)CN1CCCCC1. The van der Waals surface area contributed by atoms with Crippen molar-refractivity contribution in [3.05, 3.63) is 0 Å². The average molecular weight is 234 g/mol. The first-order valence-electron chi connectivity index (χ1n) is 5.76. The Balaban J connectivity index is 2.31. The fraction of sp³-hybridized carbons (Fsp3) is 1.00. The van der Waals surface area contributed by atoms with E-state index in [9.17, 15) is 8.42 Å². The first-order chi connectivity index (χ1) is 7.03. The molecule has 1 aliphatic rings. The van der Waals surface area contributed by atoms with Crippen LogP contribution >= 0.6 is 0 Å². The molecule has 1 N–H and O–H groups in total. The zero-order valence-electron chi connectivity index (χ0n) is 9.70. The number of likely N-dealkylation sites (tertiary alicyclic amines) is 1. The molecule has 15 heavy (non-hydrogen) atoms. The molecule has 0 aromatic carbocycles. The van der Waals surface area contributed by atoms with E-state index in [0.29, 0.717) is 0 Å². The highest BCUT2D eigenvalue weighted by atomic mass is 32.2. The third kappa shape index (κ3) is 4.95. The molecular weight excluding hydrogens is 212 g/mol. The van der Waals surface area contributed by atoms with Gasteiger partial charge in [0.15, 0.2) is 0 Å². The van der Waals surface area contributed by atoms with Crippen LogP contribution in [-0.4, -0.2) is 44.7 Å². The van der Waals surface area contributed by atoms with Crippen molar-refractivity contribution in [2.45, 2.75) is 39.2 Å². The minimum absolute atomic E-state index is 0.0213. The van der Waals surface area contributed by atoms with Crippen LogP contribution in [0.15, 0.2) is 0 Å². The van der Waals surface area contributed by atoms with E-state index in [1.54, 1.807) is 6.92 Å². The molecule has 1 rings (SSSR count). The summed E-state index contributed by atoms with van der Waals surface area (Å²) in [5.41, 5.74) is 0. The number of nitrogens with zero attached hydrogens (tertiary/aromatic N) is 1. The molecule has 0 aliphatic carbocycles. The summed E-state index contributed by atoms with van der Waals surface area (Å²) in [5.74, 6) is 0.164. The Kier molecular flexibility index (Phi) is 5.02. The molecule has 0 spiro atoms. The van der Waals surface area contributed by atoms with Crippen molar-refractivity contribution in [2.75, 3.05) is 25.4 Å². The Morgan fingerprint density at radius 1 is 1.27 bits per heavy atom. The number of hydrogen-bond acceptors (Lipinski definition) is 3. The minimum atomic E-state index is -3.05. The number of piperidine rings is 1. The second-order valence-corrected chi connectivity index (χ2v) is 6.33. The zero-order valence-corrected chi connectivity index (χ0v) is 10.5. The summed E-state index contributed by atoms with van der Waals surface area (Å²) in [7, 11) is -3.05. The van der Waals surface area contributed by atoms with E-state index in [4.69, 9.17) is 0 Å². The lowest BCUT2D eigenvalue weighted by molar-refractivity contribution is 0.215. The van der Waals surface area contributed by atoms with Crippen molar-refractivity contribution in [3.8, 4) is 0 Å². The van der Waals surface area contributed by atoms with Gasteiger partial charge >= 0.3 is 0 Å². The molecule has 4 nitrogen and oxygen atoms in total. The van der Waals surface area contributed by atoms with Gasteiger partial charge in [-0.1, -0.05) is 6.42 Å². The fourth-order valence-electron chi connectivity index (χ4n) is 1.96. The van der Waals surface area contributed by atoms with Gasteiger partial charge in [0.2, 0.25) is 10.0 Å². The molecule has 5 heteroatoms. The van der Waals surface area contributed by atoms with E-state index in [0.717, 1.165) is 19.6 Å². The standard InChI is InChI=1S/C10H22N2O2S/c1-3-15(13,14)11-10(2)9-12-7-5-4-6-8-12/h10-11H,3-9H2,1-2H3. The van der Waals surface area contributed by atoms with E-state index in [1.807, 2.05) is 6.92 Å². The van der Waals surface area contributed by atoms with Crippen molar-refractivity contribution in [1.29, 1.82) is 0 Å². The minimum Gasteiger partial charge on any atom is -0.302 e. The van der Waals surface area contributed by atoms with Gasteiger partial charge in [0.1, 0.15) is 0 Å². The van der Waals surface area contributed by atoms with Crippen molar-refractivity contribution < 1.29 is 8.42 Å². The highest BCUT2D eigenvalue weighted by Gasteiger charge is 2.16. The van der Waals surface area contributed by atoms with Crippen LogP contribution in [0.5, 0.6) is 0 Å². The molecule has 1 atom stereocenters. The van der Waals surface area contributed by atoms with Crippen LogP contribution in [0.25, 0.3) is 0 Å². The van der Waals surface area contributed by atoms with Crippen LogP contribution in [0, 0.1) is 0 Å². The summed E-state index contributed by atoms with van der Waals surface area (Å²) < 4.78 is 25.3. The predicted octanol–water partition coefficient (Wildman–Crippen LogP) is 0.800. The molecule has 1 unspecified atom stereocenters. The van der Waals surface area contributed by atoms with E-state index < -0.39 is 10.0 Å². The summed E-state index contributed by atoms with van der Waals surface area (Å²) in [6, 6.07) is 0.0213. The molecule has 0 saturated carbocycles. The van der Waals surface area contributed by atoms with Crippen LogP contribution in [0.4, 0.5) is 0 Å². The second kappa shape index (κ2) is 5.82. The number of nitrogens with one attached hydrogen (secondary N) is 1. The van der Waals surface area contributed by atoms with Gasteiger partial charge in [0.25, 0.3) is 0 Å². The van der Waals surface area contributed by atoms with Gasteiger partial charge in [-0.25, -0.2) is 13.1 Å². The number of hydrogen-bond donors (Lipinski definition) is 1. The number of rotatable bonds is 5. The second-order valence-electron chi connectivity index (χ2n) is 4.28. The van der Waals surface area contributed by atoms with Crippen molar-refractivity contribution in [3.63, 3.8) is 0 Å². The summed E-state index contributed by atoms with van der Waals surface area (Å²) in [4.78, 5) is 2.34. The van der Waals surface area contributed by atoms with Crippen LogP contribution in [0.1, 0.15) is 33.1 Å². The molecule has 0 aromatic heterocycles. The molecule has 1 fully saturated rings. The van der Waals surface area contributed by atoms with Gasteiger partial charge in [-0.05, 0) is 39.8 Å². The Morgan fingerprint density at radius 2 is 1.87 bits per heavy atom. The average Bonchev–Trinajstić information content (AvgIpc) is 2.18. The molecule has 1 aliphatic heterocycles. The Labute approximate surface area is 93.1 Å². The third-order valence-corrected chi connectivity index (χ3v) is 4.26. The molecular formula is C10H22N2O2S. The van der Waals surface area contributed by atoms with Crippen molar-refractivity contribution >= 4 is 10.0 Å². The van der Waals surface area contributed by atoms with E-state index in [-0.39, 0.29) is 11.8 Å². The first-order valence-corrected chi connectivity index (χ1v) is 7.41. The lowest BCUT2D eigenvalue weighted by atomic mass is 10.1. The van der Waals surface area contributed by atoms with Gasteiger partial charge in [0, 0.05) is 12.6 Å². The topological polar surface area (TPSA) is 49.4 Å². The molecule has 0 radical (unpaired) electrons. The maximum Gasteiger partial charge on any atom is 0.211 e. The maximum atomic E-state index is 11.3. The van der Waals surface area contributed by atoms with Gasteiger partial charge in [-0.15, -0.1) is 0 Å². The van der Waals surface area contributed by atoms with Gasteiger partial charge < -0.3 is 4.90 Å². The smallest absolute Gasteiger partial charge is 0.211 e. The van der Waals surface area contributed by atoms with Crippen molar-refractivity contribution in [2.24, 2.45) is 0 Å². The fourth-order valence-corrected chi connectivity index (χ4v) is 2.81. The Hall–Kier alpha value is -0.130. The summed E-state index contributed by atoms with van der Waals surface area (Å²) >= 11 is 0. The molecule has 90 valence electrons. The van der Waals surface area contributed by atoms with Crippen LogP contribution < -0.4 is 4.72 Å². The number of sulfonamides is 1. The maximum absolute atomic E-state index is 11.3. The molecule has 0 amide bonds. The van der Waals surface area contributed by atoms with Crippen molar-refractivity contribution in [1.82, 2.24) is 9.62 Å². The normalized spacial score (nSPS) is 21.5. The van der Waals surface area contributed by atoms with E-state index in [1.165, 1.54) is 19.3 Å². The van der Waals surface area contributed by atoms with E-state index in [2.05, 4.69) is 9.62 Å². The van der Waals surface area contributed by atoms with E-state index >= 15 is 0 Å². The summed E-state index contributed by atoms with van der Waals surface area (Å²) in [6.07, 6.45) is 3.80. The predicted molar refractivity (Wildman–Crippen MR) is 62.3 cm³/mol. The lowest BCUT2D eigenvalue weighted by Gasteiger charge is -2.29. The summed E-state index contributed by atoms with van der Waals surface area (Å²) in [5, 5.41) is 0. The first kappa shape index (κ1) is 12.9. The van der Waals surface area contributed by atoms with Crippen LogP contribution in [0.2, 0.25) is 0 Å². The van der Waals surface area contributed by atoms with Crippen LogP contribution in [-0.2, 0) is 10.0 Å². The Bertz CT molecular complexity index is 271.